The largest absolute Gasteiger partial charge is 0.354 e. The molecule has 7 heteroatoms. The van der Waals surface area contributed by atoms with E-state index in [9.17, 15) is 9.59 Å². The second-order valence-corrected chi connectivity index (χ2v) is 6.79. The van der Waals surface area contributed by atoms with Crippen LogP contribution >= 0.6 is 0 Å². The summed E-state index contributed by atoms with van der Waals surface area (Å²) in [4.78, 5) is 28.6. The molecule has 3 rings (SSSR count). The molecule has 0 unspecified atom stereocenters. The monoisotopic (exact) mass is 367 g/mol. The van der Waals surface area contributed by atoms with Gasteiger partial charge in [-0.05, 0) is 38.7 Å². The molecular formula is C20H25N5O2. The lowest BCUT2D eigenvalue weighted by Crippen LogP contribution is -2.33. The predicted molar refractivity (Wildman–Crippen MR) is 104 cm³/mol. The topological polar surface area (TPSA) is 81.3 Å². The fourth-order valence-corrected chi connectivity index (χ4v) is 3.09. The van der Waals surface area contributed by atoms with Gasteiger partial charge in [0.15, 0.2) is 0 Å². The highest BCUT2D eigenvalue weighted by Gasteiger charge is 2.10. The normalized spacial score (nSPS) is 12.2. The molecule has 3 aromatic rings. The number of carbonyl (C=O) groups is 1. The van der Waals surface area contributed by atoms with E-state index < -0.39 is 0 Å². The Balaban J connectivity index is 1.45. The molecule has 2 heterocycles. The molecule has 1 atom stereocenters. The number of benzene rings is 1. The predicted octanol–water partition coefficient (Wildman–Crippen LogP) is 2.12. The van der Waals surface area contributed by atoms with Gasteiger partial charge in [-0.3, -0.25) is 14.0 Å². The summed E-state index contributed by atoms with van der Waals surface area (Å²) < 4.78 is 3.06. The van der Waals surface area contributed by atoms with Gasteiger partial charge in [-0.2, -0.15) is 5.10 Å². The van der Waals surface area contributed by atoms with Crippen LogP contribution in [0, 0.1) is 6.92 Å². The maximum Gasteiger partial charge on any atom is 0.310 e. The summed E-state index contributed by atoms with van der Waals surface area (Å²) in [7, 11) is 0. The summed E-state index contributed by atoms with van der Waals surface area (Å²) in [6.45, 7) is 4.24. The molecule has 0 radical (unpaired) electrons. The van der Waals surface area contributed by atoms with Gasteiger partial charge in [0.1, 0.15) is 5.82 Å². The van der Waals surface area contributed by atoms with Gasteiger partial charge >= 0.3 is 5.56 Å². The van der Waals surface area contributed by atoms with Crippen molar-refractivity contribution in [1.29, 1.82) is 0 Å². The van der Waals surface area contributed by atoms with E-state index in [1.807, 2.05) is 32.0 Å². The summed E-state index contributed by atoms with van der Waals surface area (Å²) in [5, 5.41) is 7.31. The Hall–Kier alpha value is -2.96. The molecule has 0 aliphatic carbocycles. The van der Waals surface area contributed by atoms with Crippen LogP contribution in [0.1, 0.15) is 37.6 Å². The standard InChI is InChI=1S/C20H25N5O2/c1-15(10-11-17-7-4-3-5-8-17)22-18(26)9-6-13-25-20(27)19-21-12-14-24(19)16(2)23-25/h3-5,7-8,12,14-15H,6,9-11,13H2,1-2H3,(H,22,26)/t15-/m0/s1. The van der Waals surface area contributed by atoms with E-state index >= 15 is 0 Å². The zero-order valence-electron chi connectivity index (χ0n) is 15.8. The zero-order chi connectivity index (χ0) is 19.2. The van der Waals surface area contributed by atoms with Gasteiger partial charge in [0, 0.05) is 31.4 Å². The van der Waals surface area contributed by atoms with Crippen molar-refractivity contribution in [3.05, 3.63) is 64.5 Å². The summed E-state index contributed by atoms with van der Waals surface area (Å²) in [5.41, 5.74) is 1.40. The van der Waals surface area contributed by atoms with Crippen LogP contribution in [0.15, 0.2) is 47.5 Å². The van der Waals surface area contributed by atoms with E-state index in [2.05, 4.69) is 27.5 Å². The third-order valence-corrected chi connectivity index (χ3v) is 4.57. The number of nitrogens with zero attached hydrogens (tertiary/aromatic N) is 4. The molecule has 142 valence electrons. The van der Waals surface area contributed by atoms with Crippen LogP contribution < -0.4 is 10.9 Å². The molecule has 0 aliphatic rings. The van der Waals surface area contributed by atoms with Crippen LogP contribution in [0.4, 0.5) is 0 Å². The third kappa shape index (κ3) is 4.81. The minimum atomic E-state index is -0.234. The highest BCUT2D eigenvalue weighted by Crippen LogP contribution is 2.05. The number of fused-ring (bicyclic) bond motifs is 1. The Morgan fingerprint density at radius 2 is 2.04 bits per heavy atom. The van der Waals surface area contributed by atoms with Gasteiger partial charge in [0.25, 0.3) is 0 Å². The number of aryl methyl sites for hydroxylation is 3. The van der Waals surface area contributed by atoms with Crippen molar-refractivity contribution in [2.75, 3.05) is 0 Å². The molecular weight excluding hydrogens is 342 g/mol. The third-order valence-electron chi connectivity index (χ3n) is 4.57. The molecule has 1 N–H and O–H groups in total. The van der Waals surface area contributed by atoms with E-state index in [0.717, 1.165) is 12.8 Å². The fraction of sp³-hybridized carbons (Fsp3) is 0.400. The van der Waals surface area contributed by atoms with E-state index in [1.165, 1.54) is 10.2 Å². The minimum absolute atomic E-state index is 0.00206. The van der Waals surface area contributed by atoms with Crippen LogP contribution in [-0.4, -0.2) is 31.1 Å². The van der Waals surface area contributed by atoms with Crippen LogP contribution in [0.3, 0.4) is 0 Å². The lowest BCUT2D eigenvalue weighted by molar-refractivity contribution is -0.121. The molecule has 7 nitrogen and oxygen atoms in total. The van der Waals surface area contributed by atoms with Gasteiger partial charge in [0.2, 0.25) is 11.6 Å². The first-order chi connectivity index (χ1) is 13.0. The number of hydrogen-bond acceptors (Lipinski definition) is 4. The average Bonchev–Trinajstić information content (AvgIpc) is 3.15. The Labute approximate surface area is 158 Å². The molecule has 0 bridgehead atoms. The van der Waals surface area contributed by atoms with Crippen molar-refractivity contribution in [3.8, 4) is 0 Å². The number of aromatic nitrogens is 4. The Kier molecular flexibility index (Phi) is 6.01. The van der Waals surface area contributed by atoms with E-state index in [4.69, 9.17) is 0 Å². The summed E-state index contributed by atoms with van der Waals surface area (Å²) in [5.74, 6) is 0.698. The first kappa shape index (κ1) is 18.8. The molecule has 0 spiro atoms. The van der Waals surface area contributed by atoms with Gasteiger partial charge in [-0.15, -0.1) is 0 Å². The highest BCUT2D eigenvalue weighted by molar-refractivity contribution is 5.76. The molecule has 0 aliphatic heterocycles. The molecule has 0 saturated carbocycles. The SMILES string of the molecule is Cc1nn(CCCC(=O)N[C@@H](C)CCc2ccccc2)c(=O)c2nccn12. The molecule has 1 amide bonds. The highest BCUT2D eigenvalue weighted by atomic mass is 16.1. The van der Waals surface area contributed by atoms with E-state index in [0.29, 0.717) is 30.9 Å². The average molecular weight is 367 g/mol. The van der Waals surface area contributed by atoms with Crippen molar-refractivity contribution >= 4 is 11.6 Å². The van der Waals surface area contributed by atoms with Gasteiger partial charge in [0.05, 0.1) is 0 Å². The quantitative estimate of drug-likeness (QED) is 0.661. The first-order valence-corrected chi connectivity index (χ1v) is 9.28. The number of imidazole rings is 1. The number of nitrogens with one attached hydrogen (secondary N) is 1. The zero-order valence-corrected chi connectivity index (χ0v) is 15.8. The van der Waals surface area contributed by atoms with E-state index in [-0.39, 0.29) is 17.5 Å². The second-order valence-electron chi connectivity index (χ2n) is 6.79. The van der Waals surface area contributed by atoms with Crippen LogP contribution in [0.5, 0.6) is 0 Å². The number of carbonyl (C=O) groups excluding carboxylic acids is 1. The van der Waals surface area contributed by atoms with Crippen molar-refractivity contribution in [2.45, 2.75) is 52.1 Å². The summed E-state index contributed by atoms with van der Waals surface area (Å²) in [6.07, 6.45) is 6.05. The second kappa shape index (κ2) is 8.62. The minimum Gasteiger partial charge on any atom is -0.354 e. The molecule has 27 heavy (non-hydrogen) atoms. The van der Waals surface area contributed by atoms with Gasteiger partial charge in [-0.25, -0.2) is 9.67 Å². The lowest BCUT2D eigenvalue weighted by atomic mass is 10.1. The van der Waals surface area contributed by atoms with Crippen LogP contribution in [-0.2, 0) is 17.8 Å². The Morgan fingerprint density at radius 1 is 1.26 bits per heavy atom. The van der Waals surface area contributed by atoms with E-state index in [1.54, 1.807) is 16.8 Å². The number of hydrogen-bond donors (Lipinski definition) is 1. The Morgan fingerprint density at radius 3 is 2.81 bits per heavy atom. The smallest absolute Gasteiger partial charge is 0.310 e. The first-order valence-electron chi connectivity index (χ1n) is 9.28. The molecule has 1 aromatic carbocycles. The number of rotatable bonds is 8. The molecule has 2 aromatic heterocycles. The maximum absolute atomic E-state index is 12.3. The van der Waals surface area contributed by atoms with Crippen LogP contribution in [0.25, 0.3) is 5.65 Å². The fourth-order valence-electron chi connectivity index (χ4n) is 3.09. The van der Waals surface area contributed by atoms with Crippen molar-refractivity contribution in [2.24, 2.45) is 0 Å². The van der Waals surface area contributed by atoms with Gasteiger partial charge < -0.3 is 5.32 Å². The van der Waals surface area contributed by atoms with Crippen LogP contribution in [0.2, 0.25) is 0 Å². The van der Waals surface area contributed by atoms with Gasteiger partial charge in [-0.1, -0.05) is 30.3 Å². The Bertz CT molecular complexity index is 961. The lowest BCUT2D eigenvalue weighted by Gasteiger charge is -2.14. The molecule has 0 fully saturated rings. The molecule has 0 saturated heterocycles. The summed E-state index contributed by atoms with van der Waals surface area (Å²) >= 11 is 0. The summed E-state index contributed by atoms with van der Waals surface area (Å²) in [6, 6.07) is 10.4. The maximum atomic E-state index is 12.3. The van der Waals surface area contributed by atoms with Crippen molar-refractivity contribution in [3.63, 3.8) is 0 Å². The van der Waals surface area contributed by atoms with Crippen molar-refractivity contribution < 1.29 is 4.79 Å². The van der Waals surface area contributed by atoms with Crippen molar-refractivity contribution in [1.82, 2.24) is 24.5 Å². The number of amides is 1.